The van der Waals surface area contributed by atoms with Gasteiger partial charge >= 0.3 is 6.18 Å². The van der Waals surface area contributed by atoms with Crippen LogP contribution in [0.5, 0.6) is 0 Å². The van der Waals surface area contributed by atoms with Crippen molar-refractivity contribution in [3.63, 3.8) is 0 Å². The molecule has 1 aliphatic rings. The molecule has 1 aliphatic heterocycles. The lowest BCUT2D eigenvalue weighted by Gasteiger charge is -2.30. The van der Waals surface area contributed by atoms with Gasteiger partial charge in [0.05, 0.1) is 6.54 Å². The van der Waals surface area contributed by atoms with Crippen LogP contribution in [0.4, 0.5) is 18.9 Å². The molecule has 0 amide bonds. The van der Waals surface area contributed by atoms with Crippen molar-refractivity contribution in [2.75, 3.05) is 18.4 Å². The molecular formula is C17H20F3IN4S. The minimum absolute atomic E-state index is 0. The average Bonchev–Trinajstić information content (AvgIpc) is 3.10. The van der Waals surface area contributed by atoms with E-state index in [1.54, 1.807) is 0 Å². The number of rotatable bonds is 3. The van der Waals surface area contributed by atoms with Gasteiger partial charge in [0.2, 0.25) is 0 Å². The Morgan fingerprint density at radius 2 is 1.85 bits per heavy atom. The molecule has 142 valence electrons. The molecule has 0 aliphatic carbocycles. The molecule has 0 atom stereocenters. The number of likely N-dealkylation sites (tertiary alicyclic amines) is 1. The zero-order valence-corrected chi connectivity index (χ0v) is 17.1. The summed E-state index contributed by atoms with van der Waals surface area (Å²) in [5, 5.41) is 4.68. The van der Waals surface area contributed by atoms with Crippen LogP contribution in [0.1, 0.15) is 30.0 Å². The van der Waals surface area contributed by atoms with Crippen LogP contribution in [0, 0.1) is 0 Å². The highest BCUT2D eigenvalue weighted by molar-refractivity contribution is 14.0. The largest absolute Gasteiger partial charge is 0.434 e. The van der Waals surface area contributed by atoms with Gasteiger partial charge in [0, 0.05) is 24.2 Å². The maximum absolute atomic E-state index is 12.7. The predicted octanol–water partition coefficient (Wildman–Crippen LogP) is 5.23. The molecule has 4 nitrogen and oxygen atoms in total. The van der Waals surface area contributed by atoms with Crippen molar-refractivity contribution in [3.05, 3.63) is 46.4 Å². The van der Waals surface area contributed by atoms with Gasteiger partial charge in [-0.3, -0.25) is 0 Å². The van der Waals surface area contributed by atoms with Crippen molar-refractivity contribution in [1.29, 1.82) is 0 Å². The molecule has 2 heterocycles. The summed E-state index contributed by atoms with van der Waals surface area (Å²) in [5.74, 6) is 0.689. The zero-order chi connectivity index (χ0) is 17.7. The van der Waals surface area contributed by atoms with Gasteiger partial charge in [-0.25, -0.2) is 9.98 Å². The van der Waals surface area contributed by atoms with Crippen LogP contribution in [0.25, 0.3) is 0 Å². The summed E-state index contributed by atoms with van der Waals surface area (Å²) in [4.78, 5) is 10.3. The van der Waals surface area contributed by atoms with Crippen LogP contribution in [0.15, 0.2) is 40.7 Å². The molecule has 0 radical (unpaired) electrons. The molecule has 1 saturated heterocycles. The molecule has 0 bridgehead atoms. The molecule has 0 spiro atoms. The number of anilines is 1. The third-order valence-corrected chi connectivity index (χ3v) is 4.73. The number of halogens is 4. The van der Waals surface area contributed by atoms with Crippen molar-refractivity contribution in [1.82, 2.24) is 9.88 Å². The van der Waals surface area contributed by atoms with Gasteiger partial charge in [-0.1, -0.05) is 18.2 Å². The summed E-state index contributed by atoms with van der Waals surface area (Å²) in [6, 6.07) is 9.64. The maximum Gasteiger partial charge on any atom is 0.434 e. The third-order valence-electron chi connectivity index (χ3n) is 3.89. The normalized spacial score (nSPS) is 15.5. The van der Waals surface area contributed by atoms with E-state index >= 15 is 0 Å². The second kappa shape index (κ2) is 9.54. The summed E-state index contributed by atoms with van der Waals surface area (Å²) >= 11 is 0.987. The number of nitrogens with one attached hydrogen (secondary N) is 1. The van der Waals surface area contributed by atoms with E-state index in [0.29, 0.717) is 11.0 Å². The number of para-hydroxylation sites is 1. The Hall–Kier alpha value is -1.36. The number of aromatic nitrogens is 1. The van der Waals surface area contributed by atoms with E-state index in [1.165, 1.54) is 6.42 Å². The number of hydrogen-bond acceptors (Lipinski definition) is 3. The molecule has 1 N–H and O–H groups in total. The van der Waals surface area contributed by atoms with Gasteiger partial charge in [-0.2, -0.15) is 13.2 Å². The van der Waals surface area contributed by atoms with E-state index < -0.39 is 11.9 Å². The topological polar surface area (TPSA) is 40.5 Å². The van der Waals surface area contributed by atoms with Crippen LogP contribution >= 0.6 is 35.3 Å². The fourth-order valence-corrected chi connectivity index (χ4v) is 3.36. The molecule has 26 heavy (non-hydrogen) atoms. The molecule has 1 fully saturated rings. The first-order chi connectivity index (χ1) is 12.0. The minimum Gasteiger partial charge on any atom is -0.343 e. The first-order valence-corrected chi connectivity index (χ1v) is 9.03. The number of piperidine rings is 1. The Labute approximate surface area is 171 Å². The van der Waals surface area contributed by atoms with E-state index in [2.05, 4.69) is 20.2 Å². The van der Waals surface area contributed by atoms with Gasteiger partial charge in [0.1, 0.15) is 5.01 Å². The highest BCUT2D eigenvalue weighted by atomic mass is 127. The van der Waals surface area contributed by atoms with Crippen molar-refractivity contribution >= 4 is 47.0 Å². The van der Waals surface area contributed by atoms with Crippen LogP contribution in [-0.2, 0) is 12.7 Å². The Morgan fingerprint density at radius 1 is 1.15 bits per heavy atom. The smallest absolute Gasteiger partial charge is 0.343 e. The lowest BCUT2D eigenvalue weighted by molar-refractivity contribution is -0.140. The van der Waals surface area contributed by atoms with Crippen molar-refractivity contribution < 1.29 is 13.2 Å². The molecule has 0 unspecified atom stereocenters. The summed E-state index contributed by atoms with van der Waals surface area (Å²) in [6.45, 7) is 1.92. The van der Waals surface area contributed by atoms with Gasteiger partial charge in [-0.15, -0.1) is 35.3 Å². The predicted molar refractivity (Wildman–Crippen MR) is 109 cm³/mol. The van der Waals surface area contributed by atoms with E-state index in [9.17, 15) is 13.2 Å². The SMILES string of the molecule is FC(F)(F)c1csc(CN=C(Nc2ccccc2)N2CCCCC2)n1.I. The van der Waals surface area contributed by atoms with E-state index in [0.717, 1.165) is 48.3 Å². The molecule has 0 saturated carbocycles. The Balaban J connectivity index is 0.00000243. The number of thiazole rings is 1. The minimum atomic E-state index is -4.41. The van der Waals surface area contributed by atoms with Crippen molar-refractivity contribution in [2.45, 2.75) is 32.0 Å². The summed E-state index contributed by atoms with van der Waals surface area (Å²) in [5.41, 5.74) is 0.0557. The number of benzene rings is 1. The number of alkyl halides is 3. The van der Waals surface area contributed by atoms with E-state index in [1.807, 2.05) is 30.3 Å². The lowest BCUT2D eigenvalue weighted by Crippen LogP contribution is -2.40. The zero-order valence-electron chi connectivity index (χ0n) is 14.0. The highest BCUT2D eigenvalue weighted by Gasteiger charge is 2.33. The van der Waals surface area contributed by atoms with Crippen LogP contribution < -0.4 is 5.32 Å². The first kappa shape index (κ1) is 20.9. The summed E-state index contributed by atoms with van der Waals surface area (Å²) in [6.07, 6.45) is -1.04. The summed E-state index contributed by atoms with van der Waals surface area (Å²) in [7, 11) is 0. The van der Waals surface area contributed by atoms with Gasteiger partial charge in [-0.05, 0) is 31.4 Å². The Kier molecular flexibility index (Phi) is 7.69. The fourth-order valence-electron chi connectivity index (χ4n) is 2.63. The number of nitrogens with zero attached hydrogens (tertiary/aromatic N) is 3. The standard InChI is InChI=1S/C17H19F3N4S.HI/c18-17(19,20)14-12-25-15(23-14)11-21-16(24-9-5-2-6-10-24)22-13-7-3-1-4-8-13;/h1,3-4,7-8,12H,2,5-6,9-11H2,(H,21,22);1H. The number of aliphatic imine (C=N–C) groups is 1. The van der Waals surface area contributed by atoms with Gasteiger partial charge < -0.3 is 10.2 Å². The first-order valence-electron chi connectivity index (χ1n) is 8.15. The monoisotopic (exact) mass is 496 g/mol. The van der Waals surface area contributed by atoms with Gasteiger partial charge in [0.25, 0.3) is 0 Å². The molecular weight excluding hydrogens is 476 g/mol. The molecule has 1 aromatic carbocycles. The molecule has 2 aromatic rings. The van der Waals surface area contributed by atoms with Crippen LogP contribution in [-0.4, -0.2) is 28.9 Å². The van der Waals surface area contributed by atoms with E-state index in [4.69, 9.17) is 0 Å². The van der Waals surface area contributed by atoms with E-state index in [-0.39, 0.29) is 30.5 Å². The van der Waals surface area contributed by atoms with Crippen molar-refractivity contribution in [3.8, 4) is 0 Å². The van der Waals surface area contributed by atoms with Crippen molar-refractivity contribution in [2.24, 2.45) is 4.99 Å². The average molecular weight is 496 g/mol. The fraction of sp³-hybridized carbons (Fsp3) is 0.412. The molecule has 1 aromatic heterocycles. The Morgan fingerprint density at radius 3 is 2.46 bits per heavy atom. The van der Waals surface area contributed by atoms with Gasteiger partial charge in [0.15, 0.2) is 11.7 Å². The maximum atomic E-state index is 12.7. The summed E-state index contributed by atoms with van der Waals surface area (Å²) < 4.78 is 38.0. The molecule has 9 heteroatoms. The highest BCUT2D eigenvalue weighted by Crippen LogP contribution is 2.30. The molecule has 3 rings (SSSR count). The quantitative estimate of drug-likeness (QED) is 0.359. The second-order valence-corrected chi connectivity index (χ2v) is 6.75. The number of hydrogen-bond donors (Lipinski definition) is 1. The lowest BCUT2D eigenvalue weighted by atomic mass is 10.1. The van der Waals surface area contributed by atoms with Crippen LogP contribution in [0.3, 0.4) is 0 Å². The number of guanidine groups is 1. The van der Waals surface area contributed by atoms with Crippen LogP contribution in [0.2, 0.25) is 0 Å². The Bertz CT molecular complexity index is 712. The second-order valence-electron chi connectivity index (χ2n) is 5.80. The third kappa shape index (κ3) is 5.83.